The van der Waals surface area contributed by atoms with E-state index in [-0.39, 0.29) is 12.8 Å². The molecule has 0 bridgehead atoms. The summed E-state index contributed by atoms with van der Waals surface area (Å²) in [7, 11) is 1.15. The molecule has 108 valence electrons. The first kappa shape index (κ1) is 17.2. The molecule has 0 aliphatic carbocycles. The molecule has 0 saturated heterocycles. The zero-order valence-corrected chi connectivity index (χ0v) is 11.2. The number of aliphatic hydroxyl groups is 1. The second kappa shape index (κ2) is 6.41. The Morgan fingerprint density at radius 3 is 2.11 bits per heavy atom. The maximum absolute atomic E-state index is 12.0. The van der Waals surface area contributed by atoms with Crippen LogP contribution < -0.4 is 0 Å². The van der Waals surface area contributed by atoms with Crippen LogP contribution in [-0.2, 0) is 9.53 Å². The second-order valence-corrected chi connectivity index (χ2v) is 4.88. The molecular weight excluding hydrogens is 249 g/mol. The summed E-state index contributed by atoms with van der Waals surface area (Å²) in [6.45, 7) is 4.83. The Morgan fingerprint density at radius 2 is 1.78 bits per heavy atom. The molecule has 0 heterocycles. The smallest absolute Gasteiger partial charge is 0.389 e. The van der Waals surface area contributed by atoms with Gasteiger partial charge in [-0.3, -0.25) is 0 Å². The van der Waals surface area contributed by atoms with Gasteiger partial charge in [0.2, 0.25) is 0 Å². The quantitative estimate of drug-likeness (QED) is 0.755. The normalized spacial score (nSPS) is 17.4. The fraction of sp³-hybridized carbons (Fsp3) is 0.917. The standard InChI is InChI=1S/C12H21F3O3/c1-8(2)12(17,10(16)18-4)9(3)6-5-7-11(13,14)15/h8-9,17H,5-7H2,1-4H3. The highest BCUT2D eigenvalue weighted by Gasteiger charge is 2.45. The number of halogens is 3. The molecule has 3 nitrogen and oxygen atoms in total. The van der Waals surface area contributed by atoms with E-state index in [2.05, 4.69) is 4.74 Å². The van der Waals surface area contributed by atoms with Gasteiger partial charge >= 0.3 is 12.1 Å². The van der Waals surface area contributed by atoms with E-state index < -0.39 is 36.0 Å². The monoisotopic (exact) mass is 270 g/mol. The number of hydrogen-bond donors (Lipinski definition) is 1. The van der Waals surface area contributed by atoms with Crippen LogP contribution in [0.5, 0.6) is 0 Å². The van der Waals surface area contributed by atoms with Crippen molar-refractivity contribution >= 4 is 5.97 Å². The summed E-state index contributed by atoms with van der Waals surface area (Å²) in [6, 6.07) is 0. The number of carbonyl (C=O) groups is 1. The molecule has 2 atom stereocenters. The molecule has 6 heteroatoms. The lowest BCUT2D eigenvalue weighted by molar-refractivity contribution is -0.175. The summed E-state index contributed by atoms with van der Waals surface area (Å²) in [5.41, 5.74) is -1.74. The van der Waals surface area contributed by atoms with Crippen molar-refractivity contribution < 1.29 is 27.8 Å². The number of esters is 1. The SMILES string of the molecule is COC(=O)C(O)(C(C)C)C(C)CCCC(F)(F)F. The van der Waals surface area contributed by atoms with Gasteiger partial charge in [0.15, 0.2) is 5.60 Å². The highest BCUT2D eigenvalue weighted by atomic mass is 19.4. The molecule has 0 amide bonds. The molecule has 0 radical (unpaired) electrons. The van der Waals surface area contributed by atoms with Crippen molar-refractivity contribution in [2.45, 2.75) is 51.8 Å². The number of carbonyl (C=O) groups excluding carboxylic acids is 1. The molecule has 18 heavy (non-hydrogen) atoms. The lowest BCUT2D eigenvalue weighted by atomic mass is 9.77. The van der Waals surface area contributed by atoms with Crippen molar-refractivity contribution in [3.05, 3.63) is 0 Å². The van der Waals surface area contributed by atoms with E-state index in [1.54, 1.807) is 20.8 Å². The fourth-order valence-electron chi connectivity index (χ4n) is 2.00. The van der Waals surface area contributed by atoms with Gasteiger partial charge in [0.25, 0.3) is 0 Å². The van der Waals surface area contributed by atoms with Crippen LogP contribution >= 0.6 is 0 Å². The molecule has 0 aliphatic rings. The largest absolute Gasteiger partial charge is 0.467 e. The predicted molar refractivity (Wildman–Crippen MR) is 60.9 cm³/mol. The van der Waals surface area contributed by atoms with Crippen LogP contribution in [0.25, 0.3) is 0 Å². The van der Waals surface area contributed by atoms with E-state index in [1.165, 1.54) is 0 Å². The van der Waals surface area contributed by atoms with Crippen LogP contribution in [0.2, 0.25) is 0 Å². The van der Waals surface area contributed by atoms with Crippen LogP contribution in [0.4, 0.5) is 13.2 Å². The summed E-state index contributed by atoms with van der Waals surface area (Å²) in [4.78, 5) is 11.6. The third-order valence-corrected chi connectivity index (χ3v) is 3.24. The molecule has 0 aliphatic heterocycles. The third-order valence-electron chi connectivity index (χ3n) is 3.24. The fourth-order valence-corrected chi connectivity index (χ4v) is 2.00. The van der Waals surface area contributed by atoms with Crippen molar-refractivity contribution in [3.8, 4) is 0 Å². The molecule has 0 aromatic carbocycles. The Bertz CT molecular complexity index is 276. The number of ether oxygens (including phenoxy) is 1. The molecule has 0 aromatic heterocycles. The number of hydrogen-bond acceptors (Lipinski definition) is 3. The zero-order valence-electron chi connectivity index (χ0n) is 11.2. The number of alkyl halides is 3. The van der Waals surface area contributed by atoms with Gasteiger partial charge in [-0.05, 0) is 24.7 Å². The van der Waals surface area contributed by atoms with Crippen molar-refractivity contribution in [3.63, 3.8) is 0 Å². The van der Waals surface area contributed by atoms with E-state index in [1.807, 2.05) is 0 Å². The summed E-state index contributed by atoms with van der Waals surface area (Å²) in [5.74, 6) is -1.81. The average molecular weight is 270 g/mol. The first-order valence-corrected chi connectivity index (χ1v) is 5.93. The first-order chi connectivity index (χ1) is 8.05. The molecule has 1 N–H and O–H groups in total. The lowest BCUT2D eigenvalue weighted by Crippen LogP contribution is -2.50. The minimum absolute atomic E-state index is 0.114. The molecule has 0 spiro atoms. The minimum Gasteiger partial charge on any atom is -0.467 e. The van der Waals surface area contributed by atoms with Crippen molar-refractivity contribution in [1.29, 1.82) is 0 Å². The van der Waals surface area contributed by atoms with Crippen molar-refractivity contribution in [2.24, 2.45) is 11.8 Å². The average Bonchev–Trinajstić information content (AvgIpc) is 2.24. The van der Waals surface area contributed by atoms with Gasteiger partial charge < -0.3 is 9.84 Å². The highest BCUT2D eigenvalue weighted by Crippen LogP contribution is 2.33. The maximum atomic E-state index is 12.0. The Hall–Kier alpha value is -0.780. The molecular formula is C12H21F3O3. The zero-order chi connectivity index (χ0) is 14.6. The third kappa shape index (κ3) is 4.48. The summed E-state index contributed by atoms with van der Waals surface area (Å²) < 4.78 is 40.6. The van der Waals surface area contributed by atoms with E-state index in [0.717, 1.165) is 7.11 Å². The van der Waals surface area contributed by atoms with Gasteiger partial charge in [0.05, 0.1) is 7.11 Å². The first-order valence-electron chi connectivity index (χ1n) is 5.93. The predicted octanol–water partition coefficient (Wildman–Crippen LogP) is 2.92. The van der Waals surface area contributed by atoms with E-state index in [0.29, 0.717) is 0 Å². The summed E-state index contributed by atoms with van der Waals surface area (Å²) in [5, 5.41) is 10.3. The highest BCUT2D eigenvalue weighted by molar-refractivity contribution is 5.79. The van der Waals surface area contributed by atoms with Gasteiger partial charge in [0.1, 0.15) is 0 Å². The van der Waals surface area contributed by atoms with Gasteiger partial charge in [-0.25, -0.2) is 4.79 Å². The lowest BCUT2D eigenvalue weighted by Gasteiger charge is -2.35. The molecule has 0 aromatic rings. The van der Waals surface area contributed by atoms with Gasteiger partial charge in [-0.1, -0.05) is 20.8 Å². The Labute approximate surface area is 105 Å². The number of methoxy groups -OCH3 is 1. The van der Waals surface area contributed by atoms with Crippen molar-refractivity contribution in [1.82, 2.24) is 0 Å². The van der Waals surface area contributed by atoms with Gasteiger partial charge in [-0.2, -0.15) is 13.2 Å². The van der Waals surface area contributed by atoms with Gasteiger partial charge in [-0.15, -0.1) is 0 Å². The maximum Gasteiger partial charge on any atom is 0.389 e. The second-order valence-electron chi connectivity index (χ2n) is 4.88. The van der Waals surface area contributed by atoms with Crippen molar-refractivity contribution in [2.75, 3.05) is 7.11 Å². The Balaban J connectivity index is 4.60. The molecule has 0 saturated carbocycles. The van der Waals surface area contributed by atoms with E-state index in [4.69, 9.17) is 0 Å². The molecule has 0 rings (SSSR count). The van der Waals surface area contributed by atoms with E-state index in [9.17, 15) is 23.1 Å². The topological polar surface area (TPSA) is 46.5 Å². The van der Waals surface area contributed by atoms with Crippen LogP contribution in [-0.4, -0.2) is 30.0 Å². The molecule has 0 fully saturated rings. The van der Waals surface area contributed by atoms with Crippen LogP contribution in [0.3, 0.4) is 0 Å². The Kier molecular flexibility index (Phi) is 6.13. The molecule has 2 unspecified atom stereocenters. The van der Waals surface area contributed by atoms with Crippen LogP contribution in [0.1, 0.15) is 40.0 Å². The summed E-state index contributed by atoms with van der Waals surface area (Å²) >= 11 is 0. The van der Waals surface area contributed by atoms with E-state index >= 15 is 0 Å². The van der Waals surface area contributed by atoms with Crippen LogP contribution in [0.15, 0.2) is 0 Å². The summed E-state index contributed by atoms with van der Waals surface area (Å²) in [6.07, 6.45) is -5.12. The van der Waals surface area contributed by atoms with Crippen LogP contribution in [0, 0.1) is 11.8 Å². The Morgan fingerprint density at radius 1 is 1.28 bits per heavy atom. The number of rotatable bonds is 6. The minimum atomic E-state index is -4.21. The van der Waals surface area contributed by atoms with Gasteiger partial charge in [0, 0.05) is 6.42 Å².